The van der Waals surface area contributed by atoms with Crippen molar-refractivity contribution in [2.24, 2.45) is 0 Å². The van der Waals surface area contributed by atoms with E-state index >= 15 is 0 Å². The third-order valence-corrected chi connectivity index (χ3v) is 7.83. The van der Waals surface area contributed by atoms with Crippen molar-refractivity contribution in [3.8, 4) is 11.5 Å². The smallest absolute Gasteiger partial charge is 0.322 e. The fourth-order valence-corrected chi connectivity index (χ4v) is 5.48. The molecule has 43 heavy (non-hydrogen) atoms. The number of anilines is 4. The van der Waals surface area contributed by atoms with Crippen LogP contribution < -0.4 is 25.0 Å². The molecule has 2 N–H and O–H groups in total. The maximum atomic E-state index is 13.9. The van der Waals surface area contributed by atoms with Gasteiger partial charge in [-0.1, -0.05) is 6.07 Å². The van der Waals surface area contributed by atoms with Crippen molar-refractivity contribution < 1.29 is 23.0 Å². The summed E-state index contributed by atoms with van der Waals surface area (Å²) in [5.74, 6) is 1.09. The van der Waals surface area contributed by atoms with Crippen molar-refractivity contribution in [1.82, 2.24) is 19.9 Å². The highest BCUT2D eigenvalue weighted by Crippen LogP contribution is 2.35. The number of pyridine rings is 1. The van der Waals surface area contributed by atoms with Crippen LogP contribution in [-0.2, 0) is 0 Å². The first kappa shape index (κ1) is 28.4. The maximum Gasteiger partial charge on any atom is 0.322 e. The topological polar surface area (TPSA) is 105 Å². The van der Waals surface area contributed by atoms with Crippen molar-refractivity contribution in [1.29, 1.82) is 0 Å². The number of para-hydroxylation sites is 1. The van der Waals surface area contributed by atoms with Crippen LogP contribution in [0.25, 0.3) is 10.9 Å². The van der Waals surface area contributed by atoms with Crippen molar-refractivity contribution in [3.05, 3.63) is 66.6 Å². The van der Waals surface area contributed by atoms with E-state index in [0.717, 1.165) is 60.5 Å². The number of piperidine rings is 2. The van der Waals surface area contributed by atoms with Gasteiger partial charge in [-0.25, -0.2) is 28.5 Å². The fraction of sp³-hybridized carbons (Fsp3) is 0.355. The summed E-state index contributed by atoms with van der Waals surface area (Å²) in [4.78, 5) is 29.9. The molecule has 2 aromatic carbocycles. The average Bonchev–Trinajstić information content (AvgIpc) is 3.04. The van der Waals surface area contributed by atoms with Crippen LogP contribution in [0.15, 0.2) is 55.0 Å². The summed E-state index contributed by atoms with van der Waals surface area (Å²) in [6.07, 6.45) is 7.82. The Labute approximate surface area is 248 Å². The van der Waals surface area contributed by atoms with E-state index in [-0.39, 0.29) is 6.10 Å². The third kappa shape index (κ3) is 6.37. The van der Waals surface area contributed by atoms with Crippen molar-refractivity contribution in [2.75, 3.05) is 48.8 Å². The number of nitrogens with one attached hydrogen (secondary N) is 2. The largest absolute Gasteiger partial charge is 0.493 e. The van der Waals surface area contributed by atoms with Gasteiger partial charge in [0.15, 0.2) is 11.5 Å². The number of benzene rings is 2. The molecule has 2 aromatic heterocycles. The van der Waals surface area contributed by atoms with Crippen LogP contribution in [0.1, 0.15) is 32.1 Å². The predicted octanol–water partition coefficient (Wildman–Crippen LogP) is 6.12. The highest BCUT2D eigenvalue weighted by molar-refractivity contribution is 5.92. The zero-order chi connectivity index (χ0) is 29.8. The number of aromatic nitrogens is 3. The number of carbonyl (C=O) groups excluding carboxylic acids is 1. The van der Waals surface area contributed by atoms with Crippen LogP contribution in [-0.4, -0.2) is 65.3 Å². The first-order valence-electron chi connectivity index (χ1n) is 14.5. The molecule has 0 bridgehead atoms. The maximum absolute atomic E-state index is 13.9. The summed E-state index contributed by atoms with van der Waals surface area (Å²) < 4.78 is 39.8. The molecule has 10 nitrogen and oxygen atoms in total. The lowest BCUT2D eigenvalue weighted by atomic mass is 10.1. The van der Waals surface area contributed by atoms with Gasteiger partial charge in [0.1, 0.15) is 41.4 Å². The molecule has 12 heteroatoms. The Morgan fingerprint density at radius 2 is 1.70 bits per heavy atom. The van der Waals surface area contributed by atoms with Gasteiger partial charge in [-0.15, -0.1) is 0 Å². The van der Waals surface area contributed by atoms with E-state index in [2.05, 4.69) is 30.5 Å². The summed E-state index contributed by atoms with van der Waals surface area (Å²) in [5, 5.41) is 6.61. The molecule has 4 heterocycles. The summed E-state index contributed by atoms with van der Waals surface area (Å²) in [5.41, 5.74) is 1.08. The van der Waals surface area contributed by atoms with E-state index < -0.39 is 23.4 Å². The number of carbonyl (C=O) groups is 1. The number of halogens is 2. The number of hydrogen-bond donors (Lipinski definition) is 2. The van der Waals surface area contributed by atoms with Gasteiger partial charge in [-0.3, -0.25) is 0 Å². The summed E-state index contributed by atoms with van der Waals surface area (Å²) >= 11 is 0. The second kappa shape index (κ2) is 12.6. The highest BCUT2D eigenvalue weighted by atomic mass is 19.1. The molecule has 0 aliphatic carbocycles. The SMILES string of the molecule is COc1cc(Nc2ncnc3cnc(N4CCCCC4)cc23)ccc1OC1CCN(C(=O)Nc2c(F)cccc2F)CC1. The summed E-state index contributed by atoms with van der Waals surface area (Å²) in [7, 11) is 1.58. The third-order valence-electron chi connectivity index (χ3n) is 7.83. The number of ether oxygens (including phenoxy) is 2. The van der Waals surface area contributed by atoms with E-state index in [1.54, 1.807) is 13.3 Å². The average molecular weight is 590 g/mol. The number of hydrogen-bond acceptors (Lipinski definition) is 8. The first-order chi connectivity index (χ1) is 21.0. The zero-order valence-corrected chi connectivity index (χ0v) is 23.9. The van der Waals surface area contributed by atoms with Gasteiger partial charge in [0, 0.05) is 56.2 Å². The molecule has 4 aromatic rings. The second-order valence-electron chi connectivity index (χ2n) is 10.7. The molecule has 0 radical (unpaired) electrons. The Morgan fingerprint density at radius 3 is 2.44 bits per heavy atom. The van der Waals surface area contributed by atoms with Crippen molar-refractivity contribution in [3.63, 3.8) is 0 Å². The lowest BCUT2D eigenvalue weighted by molar-refractivity contribution is 0.112. The van der Waals surface area contributed by atoms with Gasteiger partial charge in [0.2, 0.25) is 0 Å². The van der Waals surface area contributed by atoms with Crippen LogP contribution in [0.3, 0.4) is 0 Å². The Bertz CT molecular complexity index is 1590. The Balaban J connectivity index is 1.10. The number of nitrogens with zero attached hydrogens (tertiary/aromatic N) is 5. The van der Waals surface area contributed by atoms with E-state index in [9.17, 15) is 13.6 Å². The Morgan fingerprint density at radius 1 is 0.930 bits per heavy atom. The van der Waals surface area contributed by atoms with Crippen molar-refractivity contribution in [2.45, 2.75) is 38.2 Å². The van der Waals surface area contributed by atoms with Crippen molar-refractivity contribution >= 4 is 39.9 Å². The minimum Gasteiger partial charge on any atom is -0.493 e. The number of methoxy groups -OCH3 is 1. The number of rotatable bonds is 7. The molecule has 0 unspecified atom stereocenters. The predicted molar refractivity (Wildman–Crippen MR) is 160 cm³/mol. The van der Waals surface area contributed by atoms with Crippen LogP contribution in [0, 0.1) is 11.6 Å². The number of fused-ring (bicyclic) bond motifs is 1. The molecule has 0 atom stereocenters. The van der Waals surface area contributed by atoms with Crippen LogP contribution in [0.2, 0.25) is 0 Å². The molecule has 2 amide bonds. The van der Waals surface area contributed by atoms with E-state index in [1.165, 1.54) is 23.7 Å². The quantitative estimate of drug-likeness (QED) is 0.266. The monoisotopic (exact) mass is 589 g/mol. The van der Waals surface area contributed by atoms with Gasteiger partial charge >= 0.3 is 6.03 Å². The number of likely N-dealkylation sites (tertiary alicyclic amines) is 1. The molecule has 0 saturated carbocycles. The van der Waals surface area contributed by atoms with E-state index in [0.29, 0.717) is 43.2 Å². The van der Waals surface area contributed by atoms with Crippen LogP contribution in [0.5, 0.6) is 11.5 Å². The Hall–Kier alpha value is -4.74. The number of amides is 2. The normalized spacial score (nSPS) is 15.8. The summed E-state index contributed by atoms with van der Waals surface area (Å²) in [6.45, 7) is 2.74. The molecule has 2 saturated heterocycles. The van der Waals surface area contributed by atoms with Gasteiger partial charge < -0.3 is 29.9 Å². The molecule has 0 spiro atoms. The van der Waals surface area contributed by atoms with Crippen LogP contribution in [0.4, 0.5) is 36.6 Å². The highest BCUT2D eigenvalue weighted by Gasteiger charge is 2.26. The van der Waals surface area contributed by atoms with Gasteiger partial charge in [-0.2, -0.15) is 0 Å². The molecule has 2 aliphatic rings. The standard InChI is InChI=1S/C31H33F2N7O3/c1-42-27-16-20(37-30-22-17-28(39-12-3-2-4-13-39)34-18-25(22)35-19-36-30)8-9-26(27)43-21-10-14-40(15-11-21)31(41)38-29-23(32)6-5-7-24(29)33/h5-9,16-19,21H,2-4,10-15H2,1H3,(H,38,41)(H,35,36,37). The fourth-order valence-electron chi connectivity index (χ4n) is 5.48. The number of urea groups is 1. The van der Waals surface area contributed by atoms with E-state index in [4.69, 9.17) is 9.47 Å². The molecule has 2 fully saturated rings. The van der Waals surface area contributed by atoms with Gasteiger partial charge in [0.05, 0.1) is 18.8 Å². The second-order valence-corrected chi connectivity index (χ2v) is 10.7. The minimum absolute atomic E-state index is 0.159. The lowest BCUT2D eigenvalue weighted by Gasteiger charge is -2.32. The lowest BCUT2D eigenvalue weighted by Crippen LogP contribution is -2.44. The van der Waals surface area contributed by atoms with Gasteiger partial charge in [0.25, 0.3) is 0 Å². The zero-order valence-electron chi connectivity index (χ0n) is 23.9. The first-order valence-corrected chi connectivity index (χ1v) is 14.5. The molecular weight excluding hydrogens is 556 g/mol. The molecular formula is C31H33F2N7O3. The van der Waals surface area contributed by atoms with Crippen LogP contribution >= 0.6 is 0 Å². The summed E-state index contributed by atoms with van der Waals surface area (Å²) in [6, 6.07) is 10.5. The van der Waals surface area contributed by atoms with E-state index in [1.807, 2.05) is 24.3 Å². The van der Waals surface area contributed by atoms with Gasteiger partial charge in [-0.05, 0) is 49.6 Å². The molecule has 2 aliphatic heterocycles. The minimum atomic E-state index is -0.816. The molecule has 6 rings (SSSR count). The molecule has 224 valence electrons. The Kier molecular flexibility index (Phi) is 8.34.